The van der Waals surface area contributed by atoms with Crippen molar-refractivity contribution in [3.63, 3.8) is 0 Å². The number of aliphatic carboxylic acids is 1. The Labute approximate surface area is 101 Å². The van der Waals surface area contributed by atoms with Crippen LogP contribution in [0.25, 0.3) is 0 Å². The van der Waals surface area contributed by atoms with Gasteiger partial charge in [-0.2, -0.15) is 0 Å². The van der Waals surface area contributed by atoms with Gasteiger partial charge in [-0.3, -0.25) is 4.79 Å². The molecule has 2 nitrogen and oxygen atoms in total. The molecule has 0 radical (unpaired) electrons. The molecule has 0 spiro atoms. The Kier molecular flexibility index (Phi) is 4.42. The molecule has 0 heterocycles. The lowest BCUT2D eigenvalue weighted by atomic mass is 10.0. The van der Waals surface area contributed by atoms with Gasteiger partial charge in [0, 0.05) is 5.25 Å². The molecule has 0 bridgehead atoms. The van der Waals surface area contributed by atoms with E-state index in [-0.39, 0.29) is 0 Å². The Bertz CT molecular complexity index is 350. The molecule has 0 fully saturated rings. The minimum Gasteiger partial charge on any atom is -0.480 e. The van der Waals surface area contributed by atoms with Crippen LogP contribution in [0.3, 0.4) is 0 Å². The highest BCUT2D eigenvalue weighted by molar-refractivity contribution is 8.01. The maximum atomic E-state index is 11.5. The second-order valence-electron chi connectivity index (χ2n) is 4.04. The predicted octanol–water partition coefficient (Wildman–Crippen LogP) is 3.52. The monoisotopic (exact) mass is 238 g/mol. The number of carboxylic acid groups (broad SMARTS) is 1. The van der Waals surface area contributed by atoms with Gasteiger partial charge in [0.05, 0.1) is 0 Å². The summed E-state index contributed by atoms with van der Waals surface area (Å²) in [4.78, 5) is 11.5. The summed E-state index contributed by atoms with van der Waals surface area (Å²) in [6.45, 7) is 5.92. The van der Waals surface area contributed by atoms with E-state index in [1.807, 2.05) is 30.3 Å². The van der Waals surface area contributed by atoms with E-state index in [1.165, 1.54) is 11.8 Å². The zero-order chi connectivity index (χ0) is 12.2. The van der Waals surface area contributed by atoms with Crippen molar-refractivity contribution in [2.24, 2.45) is 0 Å². The van der Waals surface area contributed by atoms with E-state index in [0.29, 0.717) is 5.25 Å². The first-order valence-electron chi connectivity index (χ1n) is 5.47. The van der Waals surface area contributed by atoms with Gasteiger partial charge < -0.3 is 5.11 Å². The van der Waals surface area contributed by atoms with Crippen LogP contribution in [0.1, 0.15) is 32.8 Å². The number of carboxylic acids is 1. The number of hydrogen-bond donors (Lipinski definition) is 1. The van der Waals surface area contributed by atoms with Crippen molar-refractivity contribution < 1.29 is 9.90 Å². The van der Waals surface area contributed by atoms with E-state index in [2.05, 4.69) is 13.8 Å². The first-order chi connectivity index (χ1) is 7.50. The summed E-state index contributed by atoms with van der Waals surface area (Å²) in [5, 5.41) is 9.74. The molecule has 0 aliphatic rings. The third kappa shape index (κ3) is 2.79. The fraction of sp³-hybridized carbons (Fsp3) is 0.462. The molecule has 1 rings (SSSR count). The van der Waals surface area contributed by atoms with Crippen molar-refractivity contribution in [3.8, 4) is 0 Å². The van der Waals surface area contributed by atoms with Gasteiger partial charge in [0.1, 0.15) is 4.75 Å². The van der Waals surface area contributed by atoms with E-state index in [1.54, 1.807) is 6.92 Å². The molecular weight excluding hydrogens is 220 g/mol. The van der Waals surface area contributed by atoms with Gasteiger partial charge in [0.2, 0.25) is 0 Å². The van der Waals surface area contributed by atoms with Gasteiger partial charge in [-0.25, -0.2) is 0 Å². The second-order valence-corrected chi connectivity index (χ2v) is 5.90. The fourth-order valence-electron chi connectivity index (χ4n) is 1.48. The summed E-state index contributed by atoms with van der Waals surface area (Å²) in [6, 6.07) is 9.42. The van der Waals surface area contributed by atoms with Crippen LogP contribution in [0.4, 0.5) is 0 Å². The zero-order valence-electron chi connectivity index (χ0n) is 9.93. The van der Waals surface area contributed by atoms with E-state index in [0.717, 1.165) is 12.0 Å². The number of hydrogen-bond acceptors (Lipinski definition) is 2. The average Bonchev–Trinajstić information content (AvgIpc) is 2.29. The summed E-state index contributed by atoms with van der Waals surface area (Å²) >= 11 is 1.51. The van der Waals surface area contributed by atoms with Crippen LogP contribution in [0.15, 0.2) is 30.3 Å². The topological polar surface area (TPSA) is 37.3 Å². The van der Waals surface area contributed by atoms with Gasteiger partial charge in [0.25, 0.3) is 0 Å². The van der Waals surface area contributed by atoms with Gasteiger partial charge in [-0.05, 0) is 18.9 Å². The van der Waals surface area contributed by atoms with Crippen LogP contribution in [-0.2, 0) is 9.54 Å². The maximum Gasteiger partial charge on any atom is 0.324 e. The van der Waals surface area contributed by atoms with E-state index in [9.17, 15) is 9.90 Å². The summed E-state index contributed by atoms with van der Waals surface area (Å²) in [7, 11) is 0. The minimum atomic E-state index is -0.851. The molecule has 1 aromatic carbocycles. The number of carbonyl (C=O) groups is 1. The lowest BCUT2D eigenvalue weighted by Crippen LogP contribution is -2.30. The lowest BCUT2D eigenvalue weighted by molar-refractivity contribution is -0.139. The van der Waals surface area contributed by atoms with Crippen LogP contribution < -0.4 is 0 Å². The molecule has 1 N–H and O–H groups in total. The Morgan fingerprint density at radius 1 is 1.44 bits per heavy atom. The summed E-state index contributed by atoms with van der Waals surface area (Å²) in [5.41, 5.74) is 0.854. The first kappa shape index (κ1) is 13.1. The maximum absolute atomic E-state index is 11.5. The van der Waals surface area contributed by atoms with Gasteiger partial charge in [-0.1, -0.05) is 44.2 Å². The van der Waals surface area contributed by atoms with Crippen molar-refractivity contribution in [2.45, 2.75) is 37.2 Å². The molecule has 2 atom stereocenters. The zero-order valence-corrected chi connectivity index (χ0v) is 10.8. The van der Waals surface area contributed by atoms with Gasteiger partial charge >= 0.3 is 5.97 Å². The van der Waals surface area contributed by atoms with E-state index in [4.69, 9.17) is 0 Å². The highest BCUT2D eigenvalue weighted by atomic mass is 32.2. The Morgan fingerprint density at radius 3 is 2.44 bits per heavy atom. The fourth-order valence-corrected chi connectivity index (χ4v) is 2.83. The molecule has 88 valence electrons. The molecule has 1 aromatic rings. The summed E-state index contributed by atoms with van der Waals surface area (Å²) in [5.74, 6) is -0.774. The molecule has 0 aromatic heterocycles. The van der Waals surface area contributed by atoms with Crippen LogP contribution in [0, 0.1) is 0 Å². The van der Waals surface area contributed by atoms with Crippen LogP contribution >= 0.6 is 11.8 Å². The second kappa shape index (κ2) is 5.39. The van der Waals surface area contributed by atoms with Crippen molar-refractivity contribution in [1.82, 2.24) is 0 Å². The Hall–Kier alpha value is -0.960. The van der Waals surface area contributed by atoms with Crippen LogP contribution in [0.2, 0.25) is 0 Å². The van der Waals surface area contributed by atoms with E-state index < -0.39 is 10.7 Å². The van der Waals surface area contributed by atoms with Crippen molar-refractivity contribution in [1.29, 1.82) is 0 Å². The average molecular weight is 238 g/mol. The third-order valence-corrected chi connectivity index (χ3v) is 4.36. The molecule has 3 heteroatoms. The molecule has 0 amide bonds. The quantitative estimate of drug-likeness (QED) is 0.852. The normalized spacial score (nSPS) is 16.4. The van der Waals surface area contributed by atoms with Crippen molar-refractivity contribution in [2.75, 3.05) is 0 Å². The third-order valence-electron chi connectivity index (χ3n) is 2.74. The molecule has 0 aliphatic carbocycles. The lowest BCUT2D eigenvalue weighted by Gasteiger charge is -2.27. The Morgan fingerprint density at radius 2 is 2.00 bits per heavy atom. The minimum absolute atomic E-state index is 0.335. The largest absolute Gasteiger partial charge is 0.480 e. The summed E-state index contributed by atoms with van der Waals surface area (Å²) in [6.07, 6.45) is 0.973. The molecular formula is C13H18O2S. The number of rotatable bonds is 5. The highest BCUT2D eigenvalue weighted by Crippen LogP contribution is 2.39. The van der Waals surface area contributed by atoms with Gasteiger partial charge in [-0.15, -0.1) is 11.8 Å². The molecule has 0 saturated heterocycles. The molecule has 16 heavy (non-hydrogen) atoms. The van der Waals surface area contributed by atoms with Gasteiger partial charge in [0.15, 0.2) is 0 Å². The molecule has 0 aliphatic heterocycles. The predicted molar refractivity (Wildman–Crippen MR) is 68.8 cm³/mol. The standard InChI is InChI=1S/C13H18O2S/c1-4-10(2)16-13(3,12(14)15)11-8-6-5-7-9-11/h5-10H,4H2,1-3H3,(H,14,15). The van der Waals surface area contributed by atoms with Crippen molar-refractivity contribution >= 4 is 17.7 Å². The molecule has 0 saturated carbocycles. The number of thioether (sulfide) groups is 1. The Balaban J connectivity index is 3.02. The molecule has 2 unspecified atom stereocenters. The SMILES string of the molecule is CCC(C)SC(C)(C(=O)O)c1ccccc1. The van der Waals surface area contributed by atoms with Crippen LogP contribution in [-0.4, -0.2) is 16.3 Å². The van der Waals surface area contributed by atoms with Crippen LogP contribution in [0.5, 0.6) is 0 Å². The number of benzene rings is 1. The van der Waals surface area contributed by atoms with Crippen molar-refractivity contribution in [3.05, 3.63) is 35.9 Å². The highest BCUT2D eigenvalue weighted by Gasteiger charge is 2.36. The summed E-state index contributed by atoms with van der Waals surface area (Å²) < 4.78 is -0.851. The first-order valence-corrected chi connectivity index (χ1v) is 6.35. The van der Waals surface area contributed by atoms with E-state index >= 15 is 0 Å². The smallest absolute Gasteiger partial charge is 0.324 e.